The average Bonchev–Trinajstić information content (AvgIpc) is 2.18. The van der Waals surface area contributed by atoms with Gasteiger partial charge in [-0.3, -0.25) is 0 Å². The van der Waals surface area contributed by atoms with E-state index >= 15 is 0 Å². The van der Waals surface area contributed by atoms with E-state index in [0.29, 0.717) is 13.2 Å². The van der Waals surface area contributed by atoms with Gasteiger partial charge in [0, 0.05) is 18.8 Å². The van der Waals surface area contributed by atoms with Gasteiger partial charge in [-0.1, -0.05) is 13.0 Å². The van der Waals surface area contributed by atoms with Crippen LogP contribution < -0.4 is 5.32 Å². The van der Waals surface area contributed by atoms with Gasteiger partial charge in [-0.15, -0.1) is 0 Å². The van der Waals surface area contributed by atoms with Crippen LogP contribution in [-0.4, -0.2) is 19.8 Å². The minimum Gasteiger partial charge on any atom is -0.383 e. The summed E-state index contributed by atoms with van der Waals surface area (Å²) < 4.78 is 18.0. The van der Waals surface area contributed by atoms with Crippen molar-refractivity contribution in [1.29, 1.82) is 0 Å². The van der Waals surface area contributed by atoms with Crippen LogP contribution in [0.4, 0.5) is 10.1 Å². The highest BCUT2D eigenvalue weighted by atomic mass is 19.1. The minimum absolute atomic E-state index is 0.218. The molecule has 14 heavy (non-hydrogen) atoms. The maximum Gasteiger partial charge on any atom is 0.125 e. The largest absolute Gasteiger partial charge is 0.383 e. The van der Waals surface area contributed by atoms with E-state index in [1.165, 1.54) is 12.1 Å². The Balaban J connectivity index is 2.18. The molecule has 0 aliphatic carbocycles. The highest BCUT2D eigenvalue weighted by molar-refractivity contribution is 5.42. The van der Waals surface area contributed by atoms with Gasteiger partial charge in [-0.05, 0) is 24.6 Å². The number of ether oxygens (including phenoxy) is 1. The van der Waals surface area contributed by atoms with Crippen LogP contribution in [0.15, 0.2) is 24.3 Å². The summed E-state index contributed by atoms with van der Waals surface area (Å²) in [6, 6.07) is 6.42. The first kappa shape index (κ1) is 11.0. The molecule has 0 atom stereocenters. The fourth-order valence-electron chi connectivity index (χ4n) is 1.11. The number of hydrogen-bond donors (Lipinski definition) is 1. The second kappa shape index (κ2) is 6.38. The van der Waals surface area contributed by atoms with Gasteiger partial charge in [0.25, 0.3) is 0 Å². The van der Waals surface area contributed by atoms with Crippen LogP contribution in [-0.2, 0) is 4.74 Å². The van der Waals surface area contributed by atoms with E-state index in [0.717, 1.165) is 18.7 Å². The third kappa shape index (κ3) is 4.23. The first-order valence-corrected chi connectivity index (χ1v) is 4.90. The molecule has 0 heterocycles. The first-order chi connectivity index (χ1) is 6.83. The standard InChI is InChI=1S/C11H16FNO/c1-2-7-14-8-6-13-11-5-3-4-10(12)9-11/h3-5,9,13H,2,6-8H2,1H3. The van der Waals surface area contributed by atoms with Crippen molar-refractivity contribution >= 4 is 5.69 Å². The topological polar surface area (TPSA) is 21.3 Å². The van der Waals surface area contributed by atoms with Gasteiger partial charge in [0.2, 0.25) is 0 Å². The van der Waals surface area contributed by atoms with Gasteiger partial charge < -0.3 is 10.1 Å². The molecule has 0 saturated heterocycles. The molecule has 0 aliphatic rings. The predicted molar refractivity (Wildman–Crippen MR) is 56.0 cm³/mol. The van der Waals surface area contributed by atoms with Crippen molar-refractivity contribution in [1.82, 2.24) is 0 Å². The molecule has 1 rings (SSSR count). The Morgan fingerprint density at radius 2 is 2.21 bits per heavy atom. The second-order valence-corrected chi connectivity index (χ2v) is 3.05. The third-order valence-electron chi connectivity index (χ3n) is 1.75. The lowest BCUT2D eigenvalue weighted by Crippen LogP contribution is -2.09. The Labute approximate surface area is 84.1 Å². The molecular weight excluding hydrogens is 181 g/mol. The van der Waals surface area contributed by atoms with Gasteiger partial charge in [0.15, 0.2) is 0 Å². The van der Waals surface area contributed by atoms with Gasteiger partial charge >= 0.3 is 0 Å². The lowest BCUT2D eigenvalue weighted by atomic mass is 10.3. The van der Waals surface area contributed by atoms with E-state index in [-0.39, 0.29) is 5.82 Å². The van der Waals surface area contributed by atoms with Crippen molar-refractivity contribution in [2.45, 2.75) is 13.3 Å². The SMILES string of the molecule is CCCOCCNc1cccc(F)c1. The Kier molecular flexibility index (Phi) is 5.00. The Hall–Kier alpha value is -1.09. The zero-order valence-electron chi connectivity index (χ0n) is 8.42. The van der Waals surface area contributed by atoms with Gasteiger partial charge in [-0.2, -0.15) is 0 Å². The van der Waals surface area contributed by atoms with Crippen molar-refractivity contribution in [3.8, 4) is 0 Å². The summed E-state index contributed by atoms with van der Waals surface area (Å²) in [5.74, 6) is -0.218. The van der Waals surface area contributed by atoms with Gasteiger partial charge in [0.05, 0.1) is 6.61 Å². The molecule has 78 valence electrons. The summed E-state index contributed by atoms with van der Waals surface area (Å²) in [7, 11) is 0. The number of hydrogen-bond acceptors (Lipinski definition) is 2. The van der Waals surface area contributed by atoms with Crippen molar-refractivity contribution in [2.75, 3.05) is 25.1 Å². The number of nitrogens with one attached hydrogen (secondary N) is 1. The van der Waals surface area contributed by atoms with E-state index in [4.69, 9.17) is 4.74 Å². The molecule has 2 nitrogen and oxygen atoms in total. The Morgan fingerprint density at radius 1 is 1.36 bits per heavy atom. The van der Waals surface area contributed by atoms with E-state index < -0.39 is 0 Å². The first-order valence-electron chi connectivity index (χ1n) is 4.90. The lowest BCUT2D eigenvalue weighted by Gasteiger charge is -2.06. The van der Waals surface area contributed by atoms with E-state index in [9.17, 15) is 4.39 Å². The smallest absolute Gasteiger partial charge is 0.125 e. The zero-order valence-corrected chi connectivity index (χ0v) is 8.42. The summed E-state index contributed by atoms with van der Waals surface area (Å²) in [5.41, 5.74) is 0.796. The summed E-state index contributed by atoms with van der Waals surface area (Å²) in [4.78, 5) is 0. The molecule has 3 heteroatoms. The predicted octanol–water partition coefficient (Wildman–Crippen LogP) is 2.66. The molecule has 0 unspecified atom stereocenters. The van der Waals surface area contributed by atoms with Gasteiger partial charge in [-0.25, -0.2) is 4.39 Å². The molecule has 0 radical (unpaired) electrons. The molecule has 0 spiro atoms. The van der Waals surface area contributed by atoms with Crippen molar-refractivity contribution in [3.05, 3.63) is 30.1 Å². The molecule has 0 aromatic heterocycles. The monoisotopic (exact) mass is 197 g/mol. The average molecular weight is 197 g/mol. The number of benzene rings is 1. The third-order valence-corrected chi connectivity index (χ3v) is 1.75. The fraction of sp³-hybridized carbons (Fsp3) is 0.455. The van der Waals surface area contributed by atoms with Gasteiger partial charge in [0.1, 0.15) is 5.82 Å². The van der Waals surface area contributed by atoms with Crippen LogP contribution in [0.5, 0.6) is 0 Å². The molecule has 1 N–H and O–H groups in total. The quantitative estimate of drug-likeness (QED) is 0.708. The van der Waals surface area contributed by atoms with Crippen molar-refractivity contribution in [2.24, 2.45) is 0 Å². The van der Waals surface area contributed by atoms with Crippen LogP contribution in [0.2, 0.25) is 0 Å². The summed E-state index contributed by atoms with van der Waals surface area (Å²) in [6.45, 7) is 4.22. The Morgan fingerprint density at radius 3 is 2.93 bits per heavy atom. The maximum absolute atomic E-state index is 12.7. The zero-order chi connectivity index (χ0) is 10.2. The van der Waals surface area contributed by atoms with E-state index in [2.05, 4.69) is 12.2 Å². The maximum atomic E-state index is 12.7. The summed E-state index contributed by atoms with van der Waals surface area (Å²) in [6.07, 6.45) is 1.03. The molecule has 0 saturated carbocycles. The number of anilines is 1. The van der Waals surface area contributed by atoms with E-state index in [1.807, 2.05) is 6.07 Å². The van der Waals surface area contributed by atoms with Crippen molar-refractivity contribution < 1.29 is 9.13 Å². The molecule has 0 bridgehead atoms. The molecular formula is C11H16FNO. The van der Waals surface area contributed by atoms with E-state index in [1.54, 1.807) is 6.07 Å². The lowest BCUT2D eigenvalue weighted by molar-refractivity contribution is 0.144. The second-order valence-electron chi connectivity index (χ2n) is 3.05. The molecule has 0 aliphatic heterocycles. The Bertz CT molecular complexity index is 265. The fourth-order valence-corrected chi connectivity index (χ4v) is 1.11. The van der Waals surface area contributed by atoms with Crippen LogP contribution >= 0.6 is 0 Å². The highest BCUT2D eigenvalue weighted by Crippen LogP contribution is 2.08. The number of halogens is 1. The normalized spacial score (nSPS) is 10.1. The van der Waals surface area contributed by atoms with Crippen LogP contribution in [0.3, 0.4) is 0 Å². The number of rotatable bonds is 6. The summed E-state index contributed by atoms with van der Waals surface area (Å²) >= 11 is 0. The molecule has 0 fully saturated rings. The minimum atomic E-state index is -0.218. The summed E-state index contributed by atoms with van der Waals surface area (Å²) in [5, 5.41) is 3.08. The van der Waals surface area contributed by atoms with Crippen LogP contribution in [0.25, 0.3) is 0 Å². The molecule has 1 aromatic carbocycles. The van der Waals surface area contributed by atoms with Crippen LogP contribution in [0.1, 0.15) is 13.3 Å². The highest BCUT2D eigenvalue weighted by Gasteiger charge is 1.93. The molecule has 1 aromatic rings. The van der Waals surface area contributed by atoms with Crippen molar-refractivity contribution in [3.63, 3.8) is 0 Å². The van der Waals surface area contributed by atoms with Crippen LogP contribution in [0, 0.1) is 5.82 Å². The molecule has 0 amide bonds.